The van der Waals surface area contributed by atoms with Gasteiger partial charge in [-0.15, -0.1) is 5.10 Å². The molecule has 5 heteroatoms. The molecule has 17 heavy (non-hydrogen) atoms. The number of aromatic nitrogens is 3. The molecule has 2 aromatic rings. The van der Waals surface area contributed by atoms with Crippen molar-refractivity contribution < 1.29 is 4.79 Å². The van der Waals surface area contributed by atoms with Crippen LogP contribution in [0, 0.1) is 6.92 Å². The molecule has 1 aromatic carbocycles. The molecule has 1 amide bonds. The molecule has 0 atom stereocenters. The van der Waals surface area contributed by atoms with Gasteiger partial charge in [-0.2, -0.15) is 9.90 Å². The molecule has 88 valence electrons. The van der Waals surface area contributed by atoms with Gasteiger partial charge in [-0.3, -0.25) is 4.79 Å². The summed E-state index contributed by atoms with van der Waals surface area (Å²) in [6.45, 7) is 4.22. The molecule has 0 radical (unpaired) electrons. The molecule has 0 aliphatic carbocycles. The van der Waals surface area contributed by atoms with E-state index in [2.05, 4.69) is 15.5 Å². The lowest BCUT2D eigenvalue weighted by Gasteiger charge is -1.98. The highest BCUT2D eigenvalue weighted by molar-refractivity contribution is 5.93. The normalized spacial score (nSPS) is 10.2. The van der Waals surface area contributed by atoms with Gasteiger partial charge in [-0.25, -0.2) is 0 Å². The van der Waals surface area contributed by atoms with Crippen LogP contribution in [0.1, 0.15) is 23.1 Å². The molecule has 0 unspecified atom stereocenters. The molecule has 0 aliphatic rings. The maximum absolute atomic E-state index is 11.7. The van der Waals surface area contributed by atoms with Crippen LogP contribution < -0.4 is 5.32 Å². The highest BCUT2D eigenvalue weighted by Gasteiger charge is 2.14. The van der Waals surface area contributed by atoms with Gasteiger partial charge < -0.3 is 5.32 Å². The van der Waals surface area contributed by atoms with E-state index in [0.717, 1.165) is 5.69 Å². The number of carbonyl (C=O) groups excluding carboxylic acids is 1. The van der Waals surface area contributed by atoms with E-state index in [1.54, 1.807) is 6.92 Å². The van der Waals surface area contributed by atoms with E-state index in [1.165, 1.54) is 4.80 Å². The maximum atomic E-state index is 11.7. The standard InChI is InChI=1S/C12H14N4O/c1-3-13-12(17)11-9(2)14-16(15-11)10-7-5-4-6-8-10/h4-8H,3H2,1-2H3,(H,13,17). The Bertz CT molecular complexity index is 519. The molecule has 1 heterocycles. The Morgan fingerprint density at radius 3 is 2.65 bits per heavy atom. The molecule has 0 spiro atoms. The van der Waals surface area contributed by atoms with Crippen molar-refractivity contribution in [3.05, 3.63) is 41.7 Å². The smallest absolute Gasteiger partial charge is 0.273 e. The van der Waals surface area contributed by atoms with Gasteiger partial charge >= 0.3 is 0 Å². The SMILES string of the molecule is CCNC(=O)c1nn(-c2ccccc2)nc1C. The molecule has 0 fully saturated rings. The van der Waals surface area contributed by atoms with Gasteiger partial charge in [0.25, 0.3) is 5.91 Å². The predicted octanol–water partition coefficient (Wildman–Crippen LogP) is 1.33. The van der Waals surface area contributed by atoms with Gasteiger partial charge in [0.05, 0.1) is 11.4 Å². The molecule has 0 saturated heterocycles. The Morgan fingerprint density at radius 1 is 1.29 bits per heavy atom. The third kappa shape index (κ3) is 2.33. The number of rotatable bonds is 3. The Morgan fingerprint density at radius 2 is 2.00 bits per heavy atom. The molecule has 0 aliphatic heterocycles. The van der Waals surface area contributed by atoms with E-state index in [1.807, 2.05) is 37.3 Å². The zero-order chi connectivity index (χ0) is 12.3. The first-order valence-electron chi connectivity index (χ1n) is 5.50. The lowest BCUT2D eigenvalue weighted by atomic mass is 10.3. The van der Waals surface area contributed by atoms with Crippen molar-refractivity contribution >= 4 is 5.91 Å². The predicted molar refractivity (Wildman–Crippen MR) is 64.1 cm³/mol. The zero-order valence-corrected chi connectivity index (χ0v) is 9.84. The molecular weight excluding hydrogens is 216 g/mol. The van der Waals surface area contributed by atoms with Gasteiger partial charge in [0.2, 0.25) is 0 Å². The molecular formula is C12H14N4O. The second-order valence-corrected chi connectivity index (χ2v) is 3.62. The van der Waals surface area contributed by atoms with Gasteiger partial charge in [0.15, 0.2) is 5.69 Å². The van der Waals surface area contributed by atoms with Crippen LogP contribution in [-0.4, -0.2) is 27.4 Å². The number of hydrogen-bond acceptors (Lipinski definition) is 3. The van der Waals surface area contributed by atoms with Gasteiger partial charge in [0, 0.05) is 6.54 Å². The summed E-state index contributed by atoms with van der Waals surface area (Å²) in [6, 6.07) is 9.51. The molecule has 1 N–H and O–H groups in total. The summed E-state index contributed by atoms with van der Waals surface area (Å²) < 4.78 is 0. The number of hydrogen-bond donors (Lipinski definition) is 1. The largest absolute Gasteiger partial charge is 0.351 e. The van der Waals surface area contributed by atoms with Crippen molar-refractivity contribution in [1.82, 2.24) is 20.3 Å². The fourth-order valence-electron chi connectivity index (χ4n) is 1.51. The maximum Gasteiger partial charge on any atom is 0.273 e. The van der Waals surface area contributed by atoms with Crippen molar-refractivity contribution in [3.63, 3.8) is 0 Å². The topological polar surface area (TPSA) is 59.8 Å². The van der Waals surface area contributed by atoms with Crippen LogP contribution in [0.25, 0.3) is 5.69 Å². The minimum absolute atomic E-state index is 0.188. The van der Waals surface area contributed by atoms with Crippen molar-refractivity contribution in [2.24, 2.45) is 0 Å². The lowest BCUT2D eigenvalue weighted by molar-refractivity contribution is 0.0950. The molecule has 0 bridgehead atoms. The van der Waals surface area contributed by atoms with Gasteiger partial charge in [-0.05, 0) is 26.0 Å². The molecule has 5 nitrogen and oxygen atoms in total. The quantitative estimate of drug-likeness (QED) is 0.865. The second kappa shape index (κ2) is 4.78. The summed E-state index contributed by atoms with van der Waals surface area (Å²) in [6.07, 6.45) is 0. The Balaban J connectivity index is 2.34. The second-order valence-electron chi connectivity index (χ2n) is 3.62. The average Bonchev–Trinajstić information content (AvgIpc) is 2.73. The summed E-state index contributed by atoms with van der Waals surface area (Å²) in [4.78, 5) is 13.2. The van der Waals surface area contributed by atoms with E-state index < -0.39 is 0 Å². The molecule has 1 aromatic heterocycles. The number of carbonyl (C=O) groups is 1. The third-order valence-electron chi connectivity index (χ3n) is 2.32. The van der Waals surface area contributed by atoms with Gasteiger partial charge in [-0.1, -0.05) is 18.2 Å². The van der Waals surface area contributed by atoms with Gasteiger partial charge in [0.1, 0.15) is 0 Å². The van der Waals surface area contributed by atoms with Crippen molar-refractivity contribution in [2.45, 2.75) is 13.8 Å². The van der Waals surface area contributed by atoms with Crippen molar-refractivity contribution in [3.8, 4) is 5.69 Å². The van der Waals surface area contributed by atoms with Crippen LogP contribution in [0.5, 0.6) is 0 Å². The highest BCUT2D eigenvalue weighted by atomic mass is 16.2. The Hall–Kier alpha value is -2.17. The first kappa shape index (κ1) is 11.3. The minimum atomic E-state index is -0.188. The number of aryl methyl sites for hydroxylation is 1. The van der Waals surface area contributed by atoms with E-state index in [9.17, 15) is 4.79 Å². The lowest BCUT2D eigenvalue weighted by Crippen LogP contribution is -2.24. The fraction of sp³-hybridized carbons (Fsp3) is 0.250. The van der Waals surface area contributed by atoms with Crippen molar-refractivity contribution in [1.29, 1.82) is 0 Å². The highest BCUT2D eigenvalue weighted by Crippen LogP contribution is 2.07. The average molecular weight is 230 g/mol. The Labute approximate surface area is 99.5 Å². The molecule has 2 rings (SSSR count). The van der Waals surface area contributed by atoms with E-state index >= 15 is 0 Å². The number of nitrogens with zero attached hydrogens (tertiary/aromatic N) is 3. The van der Waals surface area contributed by atoms with Crippen LogP contribution in [0.3, 0.4) is 0 Å². The van der Waals surface area contributed by atoms with Crippen LogP contribution >= 0.6 is 0 Å². The minimum Gasteiger partial charge on any atom is -0.351 e. The van der Waals surface area contributed by atoms with Crippen molar-refractivity contribution in [2.75, 3.05) is 6.54 Å². The fourth-order valence-corrected chi connectivity index (χ4v) is 1.51. The summed E-state index contributed by atoms with van der Waals surface area (Å²) in [7, 11) is 0. The first-order chi connectivity index (χ1) is 8.22. The zero-order valence-electron chi connectivity index (χ0n) is 9.84. The molecule has 0 saturated carbocycles. The number of para-hydroxylation sites is 1. The van der Waals surface area contributed by atoms with Crippen LogP contribution in [0.2, 0.25) is 0 Å². The van der Waals surface area contributed by atoms with E-state index in [4.69, 9.17) is 0 Å². The summed E-state index contributed by atoms with van der Waals surface area (Å²) in [5.41, 5.74) is 1.83. The monoisotopic (exact) mass is 230 g/mol. The van der Waals surface area contributed by atoms with Crippen LogP contribution in [0.15, 0.2) is 30.3 Å². The van der Waals surface area contributed by atoms with E-state index in [-0.39, 0.29) is 5.91 Å². The number of nitrogens with one attached hydrogen (secondary N) is 1. The van der Waals surface area contributed by atoms with E-state index in [0.29, 0.717) is 17.9 Å². The summed E-state index contributed by atoms with van der Waals surface area (Å²) >= 11 is 0. The first-order valence-corrected chi connectivity index (χ1v) is 5.50. The summed E-state index contributed by atoms with van der Waals surface area (Å²) in [5, 5.41) is 11.1. The van der Waals surface area contributed by atoms with Crippen LogP contribution in [0.4, 0.5) is 0 Å². The number of amides is 1. The van der Waals surface area contributed by atoms with Crippen LogP contribution in [-0.2, 0) is 0 Å². The third-order valence-corrected chi connectivity index (χ3v) is 2.32. The number of benzene rings is 1. The summed E-state index contributed by atoms with van der Waals surface area (Å²) in [5.74, 6) is -0.188. The Kier molecular flexibility index (Phi) is 3.18.